The summed E-state index contributed by atoms with van der Waals surface area (Å²) in [7, 11) is 0. The number of rotatable bonds is 6. The van der Waals surface area contributed by atoms with Crippen LogP contribution in [-0.4, -0.2) is 67.8 Å². The fraction of sp³-hybridized carbons (Fsp3) is 0.750. The van der Waals surface area contributed by atoms with Crippen LogP contribution >= 0.6 is 0 Å². The molecule has 0 bridgehead atoms. The highest BCUT2D eigenvalue weighted by atomic mass is 16.4. The summed E-state index contributed by atoms with van der Waals surface area (Å²) in [6.07, 6.45) is -7.16. The molecule has 0 spiro atoms. The number of aliphatic hydroxyl groups is 6. The molecule has 0 radical (unpaired) electrons. The van der Waals surface area contributed by atoms with Crippen LogP contribution in [0.25, 0.3) is 0 Å². The Morgan fingerprint density at radius 1 is 0.929 bits per heavy atom. The van der Waals surface area contributed by atoms with Gasteiger partial charge >= 0.3 is 0 Å². The number of hydrogen-bond acceptors (Lipinski definition) is 6. The molecule has 0 amide bonds. The van der Waals surface area contributed by atoms with Gasteiger partial charge in [-0.2, -0.15) is 0 Å². The standard InChI is InChI=1S/C8H16O6/c1-2-4(10)6(12)8(14)7(13)5(11)3-9/h2,4-14H,1,3H2. The molecule has 6 heteroatoms. The molecule has 14 heavy (non-hydrogen) atoms. The Hall–Kier alpha value is -0.500. The second-order valence-corrected chi connectivity index (χ2v) is 2.95. The maximum atomic E-state index is 9.21. The maximum absolute atomic E-state index is 9.21. The highest BCUT2D eigenvalue weighted by Crippen LogP contribution is 2.08. The zero-order chi connectivity index (χ0) is 11.3. The lowest BCUT2D eigenvalue weighted by molar-refractivity contribution is -0.133. The monoisotopic (exact) mass is 208 g/mol. The summed E-state index contributed by atoms with van der Waals surface area (Å²) in [6.45, 7) is 2.42. The molecule has 0 fully saturated rings. The van der Waals surface area contributed by atoms with Crippen molar-refractivity contribution in [2.75, 3.05) is 6.61 Å². The minimum atomic E-state index is -1.76. The predicted octanol–water partition coefficient (Wildman–Crippen LogP) is -3.03. The molecule has 0 saturated heterocycles. The molecule has 0 aromatic heterocycles. The SMILES string of the molecule is C=CC(O)C(O)C(O)C(O)C(O)CO. The average Bonchev–Trinajstić information content (AvgIpc) is 2.23. The van der Waals surface area contributed by atoms with Gasteiger partial charge in [-0.25, -0.2) is 0 Å². The lowest BCUT2D eigenvalue weighted by Gasteiger charge is -2.27. The van der Waals surface area contributed by atoms with Crippen LogP contribution in [0.2, 0.25) is 0 Å². The minimum Gasteiger partial charge on any atom is -0.394 e. The third-order valence-corrected chi connectivity index (χ3v) is 1.87. The third kappa shape index (κ3) is 3.33. The first kappa shape index (κ1) is 13.5. The molecule has 0 aliphatic carbocycles. The van der Waals surface area contributed by atoms with Gasteiger partial charge in [-0.3, -0.25) is 0 Å². The number of hydrogen-bond donors (Lipinski definition) is 6. The van der Waals surface area contributed by atoms with Gasteiger partial charge < -0.3 is 30.6 Å². The highest BCUT2D eigenvalue weighted by molar-refractivity contribution is 4.91. The molecule has 0 rings (SSSR count). The van der Waals surface area contributed by atoms with Gasteiger partial charge in [0.1, 0.15) is 30.5 Å². The van der Waals surface area contributed by atoms with E-state index in [4.69, 9.17) is 20.4 Å². The second kappa shape index (κ2) is 6.07. The first-order chi connectivity index (χ1) is 6.45. The van der Waals surface area contributed by atoms with Gasteiger partial charge in [0.2, 0.25) is 0 Å². The smallest absolute Gasteiger partial charge is 0.112 e. The lowest BCUT2D eigenvalue weighted by atomic mass is 9.99. The van der Waals surface area contributed by atoms with Crippen LogP contribution in [0.15, 0.2) is 12.7 Å². The topological polar surface area (TPSA) is 121 Å². The summed E-state index contributed by atoms with van der Waals surface area (Å²) in [5, 5.41) is 53.9. The van der Waals surface area contributed by atoms with E-state index in [0.717, 1.165) is 6.08 Å². The van der Waals surface area contributed by atoms with Crippen LogP contribution in [0.3, 0.4) is 0 Å². The van der Waals surface area contributed by atoms with Crippen LogP contribution in [-0.2, 0) is 0 Å². The quantitative estimate of drug-likeness (QED) is 0.258. The molecule has 6 N–H and O–H groups in total. The summed E-state index contributed by atoms with van der Waals surface area (Å²) < 4.78 is 0. The molecule has 5 atom stereocenters. The third-order valence-electron chi connectivity index (χ3n) is 1.87. The average molecular weight is 208 g/mol. The van der Waals surface area contributed by atoms with Gasteiger partial charge in [-0.15, -0.1) is 6.58 Å². The Morgan fingerprint density at radius 3 is 1.79 bits per heavy atom. The van der Waals surface area contributed by atoms with E-state index in [2.05, 4.69) is 6.58 Å². The van der Waals surface area contributed by atoms with Crippen molar-refractivity contribution in [3.8, 4) is 0 Å². The van der Waals surface area contributed by atoms with E-state index in [1.54, 1.807) is 0 Å². The van der Waals surface area contributed by atoms with E-state index in [0.29, 0.717) is 0 Å². The van der Waals surface area contributed by atoms with E-state index >= 15 is 0 Å². The van der Waals surface area contributed by atoms with E-state index in [1.807, 2.05) is 0 Å². The zero-order valence-electron chi connectivity index (χ0n) is 7.56. The Balaban J connectivity index is 4.29. The molecule has 0 aromatic rings. The zero-order valence-corrected chi connectivity index (χ0v) is 7.56. The normalized spacial score (nSPS) is 22.1. The fourth-order valence-electron chi connectivity index (χ4n) is 0.879. The van der Waals surface area contributed by atoms with Crippen LogP contribution in [0.5, 0.6) is 0 Å². The summed E-state index contributed by atoms with van der Waals surface area (Å²) in [5.74, 6) is 0. The van der Waals surface area contributed by atoms with Crippen molar-refractivity contribution < 1.29 is 30.6 Å². The van der Waals surface area contributed by atoms with E-state index in [1.165, 1.54) is 0 Å². The Labute approximate surface area is 81.4 Å². The van der Waals surface area contributed by atoms with Gasteiger partial charge in [-0.1, -0.05) is 6.08 Å². The van der Waals surface area contributed by atoms with Gasteiger partial charge in [0, 0.05) is 0 Å². The van der Waals surface area contributed by atoms with Crippen LogP contribution < -0.4 is 0 Å². The molecule has 0 aliphatic rings. The molecule has 0 heterocycles. The first-order valence-corrected chi connectivity index (χ1v) is 4.09. The minimum absolute atomic E-state index is 0.755. The van der Waals surface area contributed by atoms with Crippen molar-refractivity contribution in [2.24, 2.45) is 0 Å². The Morgan fingerprint density at radius 2 is 1.43 bits per heavy atom. The van der Waals surface area contributed by atoms with Gasteiger partial charge in [0.05, 0.1) is 6.61 Å². The molecule has 0 aliphatic heterocycles. The van der Waals surface area contributed by atoms with Gasteiger partial charge in [0.25, 0.3) is 0 Å². The highest BCUT2D eigenvalue weighted by Gasteiger charge is 2.32. The Kier molecular flexibility index (Phi) is 5.86. The van der Waals surface area contributed by atoms with Crippen molar-refractivity contribution in [1.29, 1.82) is 0 Å². The fourth-order valence-corrected chi connectivity index (χ4v) is 0.879. The molecular formula is C8H16O6. The molecule has 0 saturated carbocycles. The largest absolute Gasteiger partial charge is 0.394 e. The number of aliphatic hydroxyl groups excluding tert-OH is 6. The van der Waals surface area contributed by atoms with E-state index in [9.17, 15) is 10.2 Å². The van der Waals surface area contributed by atoms with E-state index in [-0.39, 0.29) is 0 Å². The van der Waals surface area contributed by atoms with Crippen molar-refractivity contribution in [2.45, 2.75) is 30.5 Å². The maximum Gasteiger partial charge on any atom is 0.112 e. The van der Waals surface area contributed by atoms with Crippen LogP contribution in [0.1, 0.15) is 0 Å². The second-order valence-electron chi connectivity index (χ2n) is 2.95. The first-order valence-electron chi connectivity index (χ1n) is 4.09. The molecule has 5 unspecified atom stereocenters. The molecule has 84 valence electrons. The van der Waals surface area contributed by atoms with Crippen molar-refractivity contribution in [3.63, 3.8) is 0 Å². The summed E-state index contributed by atoms with van der Waals surface area (Å²) >= 11 is 0. The molecule has 6 nitrogen and oxygen atoms in total. The Bertz CT molecular complexity index is 173. The van der Waals surface area contributed by atoms with Crippen LogP contribution in [0.4, 0.5) is 0 Å². The molecular weight excluding hydrogens is 192 g/mol. The summed E-state index contributed by atoms with van der Waals surface area (Å²) in [4.78, 5) is 0. The van der Waals surface area contributed by atoms with E-state index < -0.39 is 37.1 Å². The summed E-state index contributed by atoms with van der Waals surface area (Å²) in [6, 6.07) is 0. The molecule has 0 aromatic carbocycles. The predicted molar refractivity (Wildman–Crippen MR) is 47.3 cm³/mol. The summed E-state index contributed by atoms with van der Waals surface area (Å²) in [5.41, 5.74) is 0. The lowest BCUT2D eigenvalue weighted by Crippen LogP contribution is -2.49. The van der Waals surface area contributed by atoms with Gasteiger partial charge in [-0.05, 0) is 0 Å². The van der Waals surface area contributed by atoms with Crippen LogP contribution in [0, 0.1) is 0 Å². The van der Waals surface area contributed by atoms with Crippen molar-refractivity contribution in [3.05, 3.63) is 12.7 Å². The van der Waals surface area contributed by atoms with Gasteiger partial charge in [0.15, 0.2) is 0 Å². The van der Waals surface area contributed by atoms with Crippen molar-refractivity contribution in [1.82, 2.24) is 0 Å². The van der Waals surface area contributed by atoms with Crippen molar-refractivity contribution >= 4 is 0 Å².